The van der Waals surface area contributed by atoms with Crippen LogP contribution in [0, 0.1) is 5.92 Å². The molecule has 0 saturated heterocycles. The summed E-state index contributed by atoms with van der Waals surface area (Å²) in [5.41, 5.74) is 3.62. The molecule has 1 saturated carbocycles. The lowest BCUT2D eigenvalue weighted by atomic mass is 10.0. The Labute approximate surface area is 171 Å². The predicted octanol–water partition coefficient (Wildman–Crippen LogP) is 5.31. The van der Waals surface area contributed by atoms with Crippen LogP contribution in [0.2, 0.25) is 10.0 Å². The first-order valence-corrected chi connectivity index (χ1v) is 10.4. The zero-order valence-electron chi connectivity index (χ0n) is 15.2. The molecule has 1 unspecified atom stereocenters. The maximum absolute atomic E-state index is 6.13. The van der Waals surface area contributed by atoms with Crippen LogP contribution in [0.4, 0.5) is 5.69 Å². The Kier molecular flexibility index (Phi) is 6.04. The van der Waals surface area contributed by atoms with Gasteiger partial charge in [-0.05, 0) is 54.2 Å². The first kappa shape index (κ1) is 18.8. The zero-order valence-corrected chi connectivity index (χ0v) is 16.7. The Morgan fingerprint density at radius 2 is 1.89 bits per heavy atom. The van der Waals surface area contributed by atoms with Crippen molar-refractivity contribution in [3.63, 3.8) is 0 Å². The van der Waals surface area contributed by atoms with Crippen molar-refractivity contribution >= 4 is 35.0 Å². The summed E-state index contributed by atoms with van der Waals surface area (Å²) < 4.78 is 0. The highest BCUT2D eigenvalue weighted by Crippen LogP contribution is 2.27. The largest absolute Gasteiger partial charge is 0.366 e. The molecule has 3 nitrogen and oxygen atoms in total. The zero-order chi connectivity index (χ0) is 18.6. The number of anilines is 1. The second-order valence-corrected chi connectivity index (χ2v) is 8.22. The van der Waals surface area contributed by atoms with Crippen molar-refractivity contribution in [1.82, 2.24) is 10.6 Å². The van der Waals surface area contributed by atoms with Crippen LogP contribution in [0.15, 0.2) is 48.5 Å². The predicted molar refractivity (Wildman–Crippen MR) is 115 cm³/mol. The molecule has 0 aromatic heterocycles. The van der Waals surface area contributed by atoms with Crippen LogP contribution in [-0.2, 0) is 6.54 Å². The molecule has 1 fully saturated rings. The van der Waals surface area contributed by atoms with Crippen LogP contribution in [0.25, 0.3) is 6.08 Å². The normalized spacial score (nSPS) is 23.9. The molecule has 142 valence electrons. The van der Waals surface area contributed by atoms with Crippen molar-refractivity contribution in [2.45, 2.75) is 38.0 Å². The van der Waals surface area contributed by atoms with Gasteiger partial charge >= 0.3 is 0 Å². The van der Waals surface area contributed by atoms with E-state index < -0.39 is 0 Å². The summed E-state index contributed by atoms with van der Waals surface area (Å²) in [4.78, 5) is 0. The molecule has 0 spiro atoms. The fraction of sp³-hybridized carbons (Fsp3) is 0.364. The highest BCUT2D eigenvalue weighted by Gasteiger charge is 2.27. The fourth-order valence-corrected chi connectivity index (χ4v) is 4.36. The van der Waals surface area contributed by atoms with E-state index in [0.29, 0.717) is 22.0 Å². The number of fused-ring (bicyclic) bond motifs is 1. The first-order chi connectivity index (χ1) is 13.2. The third-order valence-electron chi connectivity index (χ3n) is 5.55. The number of rotatable bonds is 6. The van der Waals surface area contributed by atoms with Gasteiger partial charge in [-0.25, -0.2) is 0 Å². The van der Waals surface area contributed by atoms with E-state index in [1.54, 1.807) is 0 Å². The molecule has 2 aliphatic rings. The lowest BCUT2D eigenvalue weighted by Crippen LogP contribution is -2.43. The molecule has 0 bridgehead atoms. The monoisotopic (exact) mass is 401 g/mol. The molecule has 3 atom stereocenters. The van der Waals surface area contributed by atoms with Gasteiger partial charge in [0.1, 0.15) is 0 Å². The average molecular weight is 402 g/mol. The van der Waals surface area contributed by atoms with Gasteiger partial charge in [0.25, 0.3) is 0 Å². The molecule has 1 heterocycles. The van der Waals surface area contributed by atoms with Crippen LogP contribution in [-0.4, -0.2) is 18.8 Å². The van der Waals surface area contributed by atoms with E-state index in [1.165, 1.54) is 36.1 Å². The van der Waals surface area contributed by atoms with Gasteiger partial charge in [0, 0.05) is 24.8 Å². The van der Waals surface area contributed by atoms with Crippen LogP contribution in [0.1, 0.15) is 30.4 Å². The summed E-state index contributed by atoms with van der Waals surface area (Å²) in [6.07, 6.45) is 8.36. The number of halogens is 2. The quantitative estimate of drug-likeness (QED) is 0.613. The van der Waals surface area contributed by atoms with E-state index >= 15 is 0 Å². The molecule has 5 heteroatoms. The van der Waals surface area contributed by atoms with E-state index in [0.717, 1.165) is 13.1 Å². The summed E-state index contributed by atoms with van der Waals surface area (Å²) in [5, 5.41) is 12.2. The average Bonchev–Trinajstić information content (AvgIpc) is 3.14. The number of hydrogen-bond donors (Lipinski definition) is 3. The van der Waals surface area contributed by atoms with E-state index in [1.807, 2.05) is 18.2 Å². The number of hydrogen-bond acceptors (Lipinski definition) is 3. The molecule has 3 N–H and O–H groups in total. The van der Waals surface area contributed by atoms with E-state index in [2.05, 4.69) is 52.4 Å². The highest BCUT2D eigenvalue weighted by molar-refractivity contribution is 6.42. The maximum atomic E-state index is 6.13. The van der Waals surface area contributed by atoms with Gasteiger partial charge in [-0.2, -0.15) is 0 Å². The summed E-state index contributed by atoms with van der Waals surface area (Å²) in [5.74, 6) is 0.639. The van der Waals surface area contributed by atoms with Gasteiger partial charge in [-0.15, -0.1) is 0 Å². The van der Waals surface area contributed by atoms with E-state index in [4.69, 9.17) is 23.2 Å². The summed E-state index contributed by atoms with van der Waals surface area (Å²) in [6.45, 7) is 1.83. The van der Waals surface area contributed by atoms with Crippen molar-refractivity contribution in [2.24, 2.45) is 5.92 Å². The Hall–Kier alpha value is -1.52. The van der Waals surface area contributed by atoms with Crippen molar-refractivity contribution < 1.29 is 0 Å². The summed E-state index contributed by atoms with van der Waals surface area (Å²) in [7, 11) is 0. The van der Waals surface area contributed by atoms with Crippen LogP contribution in [0.5, 0.6) is 0 Å². The molecule has 27 heavy (non-hydrogen) atoms. The number of nitrogens with one attached hydrogen (secondary N) is 3. The Morgan fingerprint density at radius 3 is 2.78 bits per heavy atom. The van der Waals surface area contributed by atoms with E-state index in [9.17, 15) is 0 Å². The maximum Gasteiger partial charge on any atom is 0.0964 e. The molecular weight excluding hydrogens is 377 g/mol. The standard InChI is InChI=1S/C22H25Cl2N3/c23-18-10-8-15(12-19(18)24)13-25-20-7-3-5-17(20)14-26-22-11-9-16-4-1-2-6-21(16)27-22/h1-2,4,6,8-12,17,20,22,25-27H,3,5,7,13-14H2/t17-,20+,22?/m1/s1. The van der Waals surface area contributed by atoms with Crippen LogP contribution < -0.4 is 16.0 Å². The van der Waals surface area contributed by atoms with Gasteiger partial charge in [-0.1, -0.05) is 60.0 Å². The SMILES string of the molecule is Clc1ccc(CN[C@H]2CCC[C@@H]2CNC2C=Cc3ccccc3N2)cc1Cl. The van der Waals surface area contributed by atoms with Crippen molar-refractivity contribution in [1.29, 1.82) is 0 Å². The molecule has 2 aromatic carbocycles. The van der Waals surface area contributed by atoms with E-state index in [-0.39, 0.29) is 6.17 Å². The van der Waals surface area contributed by atoms with Gasteiger partial charge < -0.3 is 10.6 Å². The van der Waals surface area contributed by atoms with Gasteiger partial charge in [-0.3, -0.25) is 5.32 Å². The molecule has 0 radical (unpaired) electrons. The fourth-order valence-electron chi connectivity index (χ4n) is 4.04. The Balaban J connectivity index is 1.28. The molecule has 2 aromatic rings. The van der Waals surface area contributed by atoms with Crippen molar-refractivity contribution in [3.8, 4) is 0 Å². The number of benzene rings is 2. The number of para-hydroxylation sites is 1. The molecular formula is C22H25Cl2N3. The topological polar surface area (TPSA) is 36.1 Å². The lowest BCUT2D eigenvalue weighted by molar-refractivity contribution is 0.374. The lowest BCUT2D eigenvalue weighted by Gasteiger charge is -2.27. The van der Waals surface area contributed by atoms with Gasteiger partial charge in [0.2, 0.25) is 0 Å². The molecule has 0 amide bonds. The second-order valence-electron chi connectivity index (χ2n) is 7.40. The third kappa shape index (κ3) is 4.67. The minimum Gasteiger partial charge on any atom is -0.366 e. The Bertz CT molecular complexity index is 821. The van der Waals surface area contributed by atoms with Crippen LogP contribution >= 0.6 is 23.2 Å². The van der Waals surface area contributed by atoms with Gasteiger partial charge in [0.15, 0.2) is 0 Å². The van der Waals surface area contributed by atoms with Crippen molar-refractivity contribution in [2.75, 3.05) is 11.9 Å². The third-order valence-corrected chi connectivity index (χ3v) is 6.29. The first-order valence-electron chi connectivity index (χ1n) is 9.63. The minimum absolute atomic E-state index is 0.191. The summed E-state index contributed by atoms with van der Waals surface area (Å²) in [6, 6.07) is 14.8. The molecule has 1 aliphatic heterocycles. The second kappa shape index (κ2) is 8.66. The van der Waals surface area contributed by atoms with Crippen molar-refractivity contribution in [3.05, 3.63) is 69.7 Å². The molecule has 1 aliphatic carbocycles. The highest BCUT2D eigenvalue weighted by atomic mass is 35.5. The smallest absolute Gasteiger partial charge is 0.0964 e. The minimum atomic E-state index is 0.191. The van der Waals surface area contributed by atoms with Gasteiger partial charge in [0.05, 0.1) is 16.2 Å². The summed E-state index contributed by atoms with van der Waals surface area (Å²) >= 11 is 12.1. The Morgan fingerprint density at radius 1 is 1.00 bits per heavy atom. The van der Waals surface area contributed by atoms with Crippen LogP contribution in [0.3, 0.4) is 0 Å². The molecule has 4 rings (SSSR count).